The van der Waals surface area contributed by atoms with Crippen molar-refractivity contribution in [2.45, 2.75) is 26.0 Å². The summed E-state index contributed by atoms with van der Waals surface area (Å²) in [4.78, 5) is 21.5. The van der Waals surface area contributed by atoms with Crippen molar-refractivity contribution in [2.24, 2.45) is 0 Å². The summed E-state index contributed by atoms with van der Waals surface area (Å²) in [6, 6.07) is 7.29. The standard InChI is InChI=1S/C15H23N2O4P/c1-4-15(21-22(18,19)20)17(2,3)10-9-12-11-16-14-8-6-5-7-13(12)14/h5-8,11,15-16H,4,9-10H2,1-3H3,(H-,18,19,20)/p+1/i2D3,3D3. The van der Waals surface area contributed by atoms with Gasteiger partial charge >= 0.3 is 7.82 Å². The van der Waals surface area contributed by atoms with Crippen molar-refractivity contribution in [1.29, 1.82) is 0 Å². The number of quaternary nitrogens is 1. The van der Waals surface area contributed by atoms with Gasteiger partial charge in [0, 0.05) is 29.9 Å². The number of nitrogens with one attached hydrogen (secondary N) is 1. The van der Waals surface area contributed by atoms with Crippen LogP contribution < -0.4 is 0 Å². The smallest absolute Gasteiger partial charge is 0.361 e. The SMILES string of the molecule is [2H]C([2H])([2H])[N+](CCc1c[nH]c2ccccc12)(C(CC)OP(=O)(O)O)C([2H])([2H])[2H]. The lowest BCUT2D eigenvalue weighted by molar-refractivity contribution is -0.933. The molecule has 1 heterocycles. The first-order valence-corrected chi connectivity index (χ1v) is 8.43. The Morgan fingerprint density at radius 3 is 2.77 bits per heavy atom. The van der Waals surface area contributed by atoms with E-state index in [1.807, 2.05) is 18.2 Å². The predicted octanol–water partition coefficient (Wildman–Crippen LogP) is 2.63. The number of rotatable bonds is 7. The molecule has 1 unspecified atom stereocenters. The summed E-state index contributed by atoms with van der Waals surface area (Å²) in [6.07, 6.45) is -0.230. The van der Waals surface area contributed by atoms with E-state index in [1.54, 1.807) is 12.3 Å². The molecule has 0 aliphatic heterocycles. The molecule has 2 rings (SSSR count). The van der Waals surface area contributed by atoms with Gasteiger partial charge in [-0.1, -0.05) is 25.1 Å². The van der Waals surface area contributed by atoms with E-state index in [0.29, 0.717) is 5.56 Å². The topological polar surface area (TPSA) is 82.6 Å². The van der Waals surface area contributed by atoms with Crippen molar-refractivity contribution >= 4 is 18.7 Å². The Balaban J connectivity index is 2.52. The minimum Gasteiger partial charge on any atom is -0.361 e. The molecular formula is C15H24N2O4P+. The van der Waals surface area contributed by atoms with Gasteiger partial charge in [-0.2, -0.15) is 0 Å². The van der Waals surface area contributed by atoms with Crippen LogP contribution in [0.25, 0.3) is 10.9 Å². The fourth-order valence-electron chi connectivity index (χ4n) is 2.40. The zero-order valence-corrected chi connectivity index (χ0v) is 13.1. The number of nitrogens with zero attached hydrogens (tertiary/aromatic N) is 1. The molecule has 0 aliphatic carbocycles. The lowest BCUT2D eigenvalue weighted by atomic mass is 10.1. The van der Waals surface area contributed by atoms with Crippen LogP contribution in [0.4, 0.5) is 0 Å². The van der Waals surface area contributed by atoms with Crippen molar-refractivity contribution in [3.63, 3.8) is 0 Å². The van der Waals surface area contributed by atoms with Crippen LogP contribution in [0.2, 0.25) is 0 Å². The first-order chi connectivity index (χ1) is 12.7. The lowest BCUT2D eigenvalue weighted by Crippen LogP contribution is -2.50. The third-order valence-electron chi connectivity index (χ3n) is 3.51. The molecule has 22 heavy (non-hydrogen) atoms. The van der Waals surface area contributed by atoms with E-state index in [0.717, 1.165) is 10.9 Å². The second-order valence-corrected chi connectivity index (χ2v) is 6.35. The minimum absolute atomic E-state index is 0.0574. The van der Waals surface area contributed by atoms with E-state index >= 15 is 0 Å². The number of para-hydroxylation sites is 1. The second-order valence-electron chi connectivity index (χ2n) is 5.16. The molecule has 2 aromatic rings. The molecule has 1 atom stereocenters. The molecule has 1 aromatic carbocycles. The normalized spacial score (nSPS) is 19.6. The highest BCUT2D eigenvalue weighted by molar-refractivity contribution is 7.46. The van der Waals surface area contributed by atoms with Gasteiger partial charge in [-0.25, -0.2) is 9.09 Å². The van der Waals surface area contributed by atoms with E-state index in [1.165, 1.54) is 6.92 Å². The van der Waals surface area contributed by atoms with Gasteiger partial charge in [0.1, 0.15) is 0 Å². The predicted molar refractivity (Wildman–Crippen MR) is 86.2 cm³/mol. The van der Waals surface area contributed by atoms with Gasteiger partial charge < -0.3 is 19.3 Å². The molecule has 0 spiro atoms. The number of phosphoric ester groups is 1. The Labute approximate surface area is 139 Å². The molecular weight excluding hydrogens is 303 g/mol. The van der Waals surface area contributed by atoms with Crippen LogP contribution >= 0.6 is 7.82 Å². The Bertz CT molecular complexity index is 846. The first-order valence-electron chi connectivity index (χ1n) is 9.90. The summed E-state index contributed by atoms with van der Waals surface area (Å²) in [5.74, 6) is 0. The van der Waals surface area contributed by atoms with Crippen molar-refractivity contribution in [2.75, 3.05) is 20.5 Å². The molecule has 0 saturated heterocycles. The van der Waals surface area contributed by atoms with E-state index in [-0.39, 0.29) is 12.8 Å². The molecule has 3 N–H and O–H groups in total. The summed E-state index contributed by atoms with van der Waals surface area (Å²) < 4.78 is 62.1. The largest absolute Gasteiger partial charge is 0.474 e. The van der Waals surface area contributed by atoms with Gasteiger partial charge in [-0.05, 0) is 11.6 Å². The third kappa shape index (κ3) is 4.18. The van der Waals surface area contributed by atoms with E-state index in [4.69, 9.17) is 8.22 Å². The summed E-state index contributed by atoms with van der Waals surface area (Å²) in [7, 11) is -5.12. The van der Waals surface area contributed by atoms with Crippen LogP contribution in [0.1, 0.15) is 27.1 Å². The fourth-order valence-corrected chi connectivity index (χ4v) is 3.03. The van der Waals surface area contributed by atoms with Crippen LogP contribution in [0, 0.1) is 0 Å². The summed E-state index contributed by atoms with van der Waals surface area (Å²) >= 11 is 0. The van der Waals surface area contributed by atoms with E-state index < -0.39 is 39.0 Å². The maximum Gasteiger partial charge on any atom is 0.474 e. The maximum absolute atomic E-state index is 11.4. The second kappa shape index (κ2) is 6.52. The lowest BCUT2D eigenvalue weighted by Gasteiger charge is -2.36. The minimum atomic E-state index is -5.12. The summed E-state index contributed by atoms with van der Waals surface area (Å²) in [5.41, 5.74) is 1.52. The van der Waals surface area contributed by atoms with Gasteiger partial charge in [-0.15, -0.1) is 0 Å². The highest BCUT2D eigenvalue weighted by Crippen LogP contribution is 2.40. The highest BCUT2D eigenvalue weighted by Gasteiger charge is 2.33. The molecule has 0 radical (unpaired) electrons. The Morgan fingerprint density at radius 1 is 1.41 bits per heavy atom. The number of hydrogen-bond donors (Lipinski definition) is 3. The number of aromatic nitrogens is 1. The van der Waals surface area contributed by atoms with E-state index in [9.17, 15) is 14.4 Å². The van der Waals surface area contributed by atoms with Crippen molar-refractivity contribution in [1.82, 2.24) is 4.98 Å². The van der Waals surface area contributed by atoms with Crippen LogP contribution in [-0.4, -0.2) is 46.0 Å². The highest BCUT2D eigenvalue weighted by atomic mass is 31.2. The Kier molecular flexibility index (Phi) is 3.14. The number of hydrogen-bond acceptors (Lipinski definition) is 2. The zero-order chi connectivity index (χ0) is 21.4. The Morgan fingerprint density at radius 2 is 2.14 bits per heavy atom. The van der Waals surface area contributed by atoms with Crippen LogP contribution in [0.3, 0.4) is 0 Å². The first kappa shape index (κ1) is 10.6. The average molecular weight is 333 g/mol. The molecule has 1 aromatic heterocycles. The van der Waals surface area contributed by atoms with Crippen LogP contribution in [0.5, 0.6) is 0 Å². The summed E-state index contributed by atoms with van der Waals surface area (Å²) in [5, 5.41) is 0.820. The molecule has 0 amide bonds. The molecule has 0 bridgehead atoms. The molecule has 6 nitrogen and oxygen atoms in total. The quantitative estimate of drug-likeness (QED) is 0.413. The Hall–Kier alpha value is -1.17. The maximum atomic E-state index is 11.4. The number of phosphoric acid groups is 1. The number of aromatic amines is 1. The molecule has 0 saturated carbocycles. The molecule has 7 heteroatoms. The van der Waals surface area contributed by atoms with Crippen molar-refractivity contribution in [3.05, 3.63) is 36.0 Å². The number of benzene rings is 1. The van der Waals surface area contributed by atoms with Crippen LogP contribution in [-0.2, 0) is 15.5 Å². The number of likely N-dealkylation sites (N-methyl/N-ethyl adjacent to an activating group) is 1. The van der Waals surface area contributed by atoms with Gasteiger partial charge in [-0.3, -0.25) is 0 Å². The molecule has 0 fully saturated rings. The monoisotopic (exact) mass is 333 g/mol. The number of H-pyrrole nitrogens is 1. The number of fused-ring (bicyclic) bond motifs is 1. The average Bonchev–Trinajstić information content (AvgIpc) is 2.94. The van der Waals surface area contributed by atoms with Crippen LogP contribution in [0.15, 0.2) is 30.5 Å². The van der Waals surface area contributed by atoms with Gasteiger partial charge in [0.15, 0.2) is 0 Å². The van der Waals surface area contributed by atoms with E-state index in [2.05, 4.69) is 9.51 Å². The van der Waals surface area contributed by atoms with Gasteiger partial charge in [0.05, 0.1) is 28.7 Å². The molecule has 122 valence electrons. The van der Waals surface area contributed by atoms with Gasteiger partial charge in [0.2, 0.25) is 6.23 Å². The summed E-state index contributed by atoms with van der Waals surface area (Å²) in [6.45, 7) is -5.20. The van der Waals surface area contributed by atoms with Gasteiger partial charge in [0.25, 0.3) is 0 Å². The third-order valence-corrected chi connectivity index (χ3v) is 4.03. The molecule has 0 aliphatic rings. The van der Waals surface area contributed by atoms with Crippen molar-refractivity contribution < 1.29 is 31.6 Å². The van der Waals surface area contributed by atoms with Crippen molar-refractivity contribution in [3.8, 4) is 0 Å². The zero-order valence-electron chi connectivity index (χ0n) is 18.2. The fraction of sp³-hybridized carbons (Fsp3) is 0.467.